The summed E-state index contributed by atoms with van der Waals surface area (Å²) in [5.74, 6) is 2.23. The molecule has 1 aromatic heterocycles. The second-order valence-electron chi connectivity index (χ2n) is 8.67. The van der Waals surface area contributed by atoms with Crippen molar-refractivity contribution in [3.8, 4) is 22.8 Å². The predicted molar refractivity (Wildman–Crippen MR) is 134 cm³/mol. The molecule has 3 heterocycles. The lowest BCUT2D eigenvalue weighted by Crippen LogP contribution is -2.38. The van der Waals surface area contributed by atoms with Crippen LogP contribution in [0, 0.1) is 0 Å². The summed E-state index contributed by atoms with van der Waals surface area (Å²) in [7, 11) is 0. The molecule has 2 fully saturated rings. The molecule has 1 N–H and O–H groups in total. The third kappa shape index (κ3) is 6.91. The lowest BCUT2D eigenvalue weighted by Gasteiger charge is -2.26. The van der Waals surface area contributed by atoms with E-state index in [0.29, 0.717) is 12.6 Å². The van der Waals surface area contributed by atoms with Crippen molar-refractivity contribution >= 4 is 11.6 Å². The van der Waals surface area contributed by atoms with E-state index in [4.69, 9.17) is 23.9 Å². The van der Waals surface area contributed by atoms with Crippen LogP contribution in [0.3, 0.4) is 0 Å². The van der Waals surface area contributed by atoms with Crippen molar-refractivity contribution in [1.82, 2.24) is 14.9 Å². The number of benzene rings is 2. The molecule has 2 aromatic carbocycles. The molecule has 0 atom stereocenters. The molecule has 5 rings (SSSR count). The van der Waals surface area contributed by atoms with Gasteiger partial charge < -0.3 is 24.3 Å². The fraction of sp³-hybridized carbons (Fsp3) is 0.407. The third-order valence-electron chi connectivity index (χ3n) is 6.15. The standard InChI is InChI=1S/C27H32N4O4/c1-2-22(20-25(3-1)34-19-14-31-12-17-33-18-13-31)29-27-28-11-8-26(30-27)21-4-6-23(7-5-21)35-24-9-15-32-16-10-24/h1-8,11,20,24H,9-10,12-19H2,(H,28,29,30). The Morgan fingerprint density at radius 3 is 2.54 bits per heavy atom. The first-order valence-electron chi connectivity index (χ1n) is 12.3. The minimum Gasteiger partial charge on any atom is -0.492 e. The number of ether oxygens (including phenoxy) is 4. The molecule has 184 valence electrons. The molecular formula is C27H32N4O4. The first-order chi connectivity index (χ1) is 17.3. The fourth-order valence-electron chi connectivity index (χ4n) is 4.18. The fourth-order valence-corrected chi connectivity index (χ4v) is 4.18. The zero-order chi connectivity index (χ0) is 23.7. The van der Waals surface area contributed by atoms with E-state index in [0.717, 1.165) is 87.3 Å². The number of anilines is 2. The van der Waals surface area contributed by atoms with E-state index in [-0.39, 0.29) is 6.10 Å². The Balaban J connectivity index is 1.17. The maximum atomic E-state index is 6.08. The van der Waals surface area contributed by atoms with Gasteiger partial charge in [-0.3, -0.25) is 4.90 Å². The van der Waals surface area contributed by atoms with E-state index in [2.05, 4.69) is 15.2 Å². The number of aromatic nitrogens is 2. The van der Waals surface area contributed by atoms with Crippen molar-refractivity contribution in [2.45, 2.75) is 18.9 Å². The van der Waals surface area contributed by atoms with E-state index >= 15 is 0 Å². The molecule has 0 saturated carbocycles. The molecule has 0 spiro atoms. The highest BCUT2D eigenvalue weighted by atomic mass is 16.5. The molecule has 0 amide bonds. The lowest BCUT2D eigenvalue weighted by molar-refractivity contribution is 0.0256. The second-order valence-corrected chi connectivity index (χ2v) is 8.67. The monoisotopic (exact) mass is 476 g/mol. The van der Waals surface area contributed by atoms with Gasteiger partial charge in [0.1, 0.15) is 24.2 Å². The van der Waals surface area contributed by atoms with Gasteiger partial charge in [-0.15, -0.1) is 0 Å². The largest absolute Gasteiger partial charge is 0.492 e. The topological polar surface area (TPSA) is 78.0 Å². The minimum atomic E-state index is 0.226. The highest BCUT2D eigenvalue weighted by Gasteiger charge is 2.15. The zero-order valence-electron chi connectivity index (χ0n) is 19.9. The number of nitrogens with zero attached hydrogens (tertiary/aromatic N) is 3. The van der Waals surface area contributed by atoms with E-state index in [1.165, 1.54) is 0 Å². The summed E-state index contributed by atoms with van der Waals surface area (Å²) in [5, 5.41) is 3.29. The van der Waals surface area contributed by atoms with Crippen LogP contribution in [0.1, 0.15) is 12.8 Å². The van der Waals surface area contributed by atoms with E-state index in [1.54, 1.807) is 6.20 Å². The predicted octanol–water partition coefficient (Wildman–Crippen LogP) is 4.16. The summed E-state index contributed by atoms with van der Waals surface area (Å²) in [6, 6.07) is 17.8. The minimum absolute atomic E-state index is 0.226. The molecule has 3 aromatic rings. The molecule has 0 radical (unpaired) electrons. The Morgan fingerprint density at radius 2 is 1.71 bits per heavy atom. The number of hydrogen-bond donors (Lipinski definition) is 1. The van der Waals surface area contributed by atoms with Crippen LogP contribution in [0.5, 0.6) is 11.5 Å². The van der Waals surface area contributed by atoms with E-state index in [9.17, 15) is 0 Å². The first kappa shape index (κ1) is 23.5. The van der Waals surface area contributed by atoms with Crippen LogP contribution in [0.2, 0.25) is 0 Å². The number of morpholine rings is 1. The molecule has 35 heavy (non-hydrogen) atoms. The van der Waals surface area contributed by atoms with Crippen LogP contribution in [-0.2, 0) is 9.47 Å². The molecule has 8 heteroatoms. The molecule has 8 nitrogen and oxygen atoms in total. The van der Waals surface area contributed by atoms with Gasteiger partial charge in [-0.25, -0.2) is 9.97 Å². The average molecular weight is 477 g/mol. The summed E-state index contributed by atoms with van der Waals surface area (Å²) in [6.45, 7) is 6.59. The number of nitrogens with one attached hydrogen (secondary N) is 1. The molecule has 0 unspecified atom stereocenters. The van der Waals surface area contributed by atoms with Gasteiger partial charge in [-0.2, -0.15) is 0 Å². The SMILES string of the molecule is c1cc(Nc2nccc(-c3ccc(OC4CCOCC4)cc3)n2)cc(OCCN2CCOCC2)c1. The summed E-state index contributed by atoms with van der Waals surface area (Å²) in [5.41, 5.74) is 2.74. The van der Waals surface area contributed by atoms with Crippen LogP contribution in [0.15, 0.2) is 60.8 Å². The molecule has 0 bridgehead atoms. The van der Waals surface area contributed by atoms with Gasteiger partial charge in [0.15, 0.2) is 0 Å². The Bertz CT molecular complexity index is 1070. The highest BCUT2D eigenvalue weighted by molar-refractivity contribution is 5.63. The first-order valence-corrected chi connectivity index (χ1v) is 12.3. The Hall–Kier alpha value is -3.20. The summed E-state index contributed by atoms with van der Waals surface area (Å²) in [4.78, 5) is 11.4. The normalized spacial score (nSPS) is 17.1. The third-order valence-corrected chi connectivity index (χ3v) is 6.15. The van der Waals surface area contributed by atoms with Crippen LogP contribution in [-0.4, -0.2) is 73.6 Å². The maximum Gasteiger partial charge on any atom is 0.227 e. The zero-order valence-corrected chi connectivity index (χ0v) is 19.9. The smallest absolute Gasteiger partial charge is 0.227 e. The Kier molecular flexibility index (Phi) is 8.05. The van der Waals surface area contributed by atoms with Crippen molar-refractivity contribution in [2.24, 2.45) is 0 Å². The van der Waals surface area contributed by atoms with Crippen LogP contribution >= 0.6 is 0 Å². The molecule has 2 saturated heterocycles. The van der Waals surface area contributed by atoms with Gasteiger partial charge in [0, 0.05) is 56.0 Å². The average Bonchev–Trinajstić information content (AvgIpc) is 2.91. The van der Waals surface area contributed by atoms with Gasteiger partial charge in [0.2, 0.25) is 5.95 Å². The van der Waals surface area contributed by atoms with E-state index in [1.807, 2.05) is 54.6 Å². The van der Waals surface area contributed by atoms with E-state index < -0.39 is 0 Å². The summed E-state index contributed by atoms with van der Waals surface area (Å²) < 4.78 is 22.8. The van der Waals surface area contributed by atoms with Crippen molar-refractivity contribution in [2.75, 3.05) is 58.0 Å². The molecule has 0 aliphatic carbocycles. The van der Waals surface area contributed by atoms with Crippen LogP contribution in [0.25, 0.3) is 11.3 Å². The second kappa shape index (κ2) is 12.0. The highest BCUT2D eigenvalue weighted by Crippen LogP contribution is 2.25. The lowest BCUT2D eigenvalue weighted by atomic mass is 10.1. The Morgan fingerprint density at radius 1 is 0.914 bits per heavy atom. The summed E-state index contributed by atoms with van der Waals surface area (Å²) in [6.07, 6.45) is 3.86. The van der Waals surface area contributed by atoms with Gasteiger partial charge in [0.05, 0.1) is 32.1 Å². The Labute approximate surface area is 206 Å². The molecule has 2 aliphatic heterocycles. The van der Waals surface area contributed by atoms with Gasteiger partial charge >= 0.3 is 0 Å². The quantitative estimate of drug-likeness (QED) is 0.493. The summed E-state index contributed by atoms with van der Waals surface area (Å²) >= 11 is 0. The van der Waals surface area contributed by atoms with Crippen molar-refractivity contribution < 1.29 is 18.9 Å². The maximum absolute atomic E-state index is 6.08. The van der Waals surface area contributed by atoms with Crippen molar-refractivity contribution in [3.05, 3.63) is 60.8 Å². The van der Waals surface area contributed by atoms with Crippen LogP contribution < -0.4 is 14.8 Å². The van der Waals surface area contributed by atoms with Crippen LogP contribution in [0.4, 0.5) is 11.6 Å². The molecule has 2 aliphatic rings. The number of rotatable bonds is 9. The van der Waals surface area contributed by atoms with Gasteiger partial charge in [-0.1, -0.05) is 6.07 Å². The van der Waals surface area contributed by atoms with Gasteiger partial charge in [0.25, 0.3) is 0 Å². The van der Waals surface area contributed by atoms with Crippen molar-refractivity contribution in [1.29, 1.82) is 0 Å². The van der Waals surface area contributed by atoms with Gasteiger partial charge in [-0.05, 0) is 42.5 Å². The molecular weight excluding hydrogens is 444 g/mol. The van der Waals surface area contributed by atoms with Crippen molar-refractivity contribution in [3.63, 3.8) is 0 Å². The number of hydrogen-bond acceptors (Lipinski definition) is 8.